The van der Waals surface area contributed by atoms with Gasteiger partial charge in [0, 0.05) is 35.6 Å². The average molecular weight is 525 g/mol. The Morgan fingerprint density at radius 1 is 0.974 bits per heavy atom. The lowest BCUT2D eigenvalue weighted by molar-refractivity contribution is -0.116. The van der Waals surface area contributed by atoms with E-state index in [1.54, 1.807) is 6.92 Å². The van der Waals surface area contributed by atoms with Gasteiger partial charge in [-0.1, -0.05) is 66.7 Å². The fraction of sp³-hybridized carbons (Fsp3) is 0.226. The number of anilines is 1. The molecule has 7 heteroatoms. The Kier molecular flexibility index (Phi) is 6.70. The molecule has 1 amide bonds. The van der Waals surface area contributed by atoms with Crippen LogP contribution in [0.25, 0.3) is 0 Å². The first-order chi connectivity index (χ1) is 18.6. The van der Waals surface area contributed by atoms with Crippen molar-refractivity contribution in [1.82, 2.24) is 4.90 Å². The zero-order chi connectivity index (χ0) is 26.1. The van der Waals surface area contributed by atoms with Crippen LogP contribution >= 0.6 is 11.3 Å². The molecule has 0 bridgehead atoms. The van der Waals surface area contributed by atoms with Crippen molar-refractivity contribution in [2.24, 2.45) is 0 Å². The van der Waals surface area contributed by atoms with Crippen LogP contribution in [0.15, 0.2) is 78.9 Å². The second-order valence-corrected chi connectivity index (χ2v) is 10.6. The predicted octanol–water partition coefficient (Wildman–Crippen LogP) is 6.36. The van der Waals surface area contributed by atoms with Gasteiger partial charge in [-0.2, -0.15) is 0 Å². The largest absolute Gasteiger partial charge is 0.462 e. The number of para-hydroxylation sites is 2. The van der Waals surface area contributed by atoms with Crippen molar-refractivity contribution in [3.63, 3.8) is 0 Å². The Hall–Kier alpha value is -3.94. The van der Waals surface area contributed by atoms with Gasteiger partial charge in [0.05, 0.1) is 18.1 Å². The normalized spacial score (nSPS) is 14.6. The molecule has 3 aromatic carbocycles. The number of hydrogen-bond acceptors (Lipinski definition) is 6. The van der Waals surface area contributed by atoms with Crippen LogP contribution in [0.1, 0.15) is 50.3 Å². The van der Waals surface area contributed by atoms with Gasteiger partial charge >= 0.3 is 5.97 Å². The molecule has 2 aliphatic rings. The summed E-state index contributed by atoms with van der Waals surface area (Å²) in [5, 5.41) is 3.68. The highest BCUT2D eigenvalue weighted by molar-refractivity contribution is 7.17. The third kappa shape index (κ3) is 4.59. The number of fused-ring (bicyclic) bond motifs is 3. The first kappa shape index (κ1) is 24.4. The first-order valence-corrected chi connectivity index (χ1v) is 13.7. The molecule has 6 rings (SSSR count). The zero-order valence-electron chi connectivity index (χ0n) is 21.1. The van der Waals surface area contributed by atoms with E-state index in [1.165, 1.54) is 16.9 Å². The van der Waals surface area contributed by atoms with Gasteiger partial charge in [0.1, 0.15) is 16.5 Å². The highest BCUT2D eigenvalue weighted by Gasteiger charge is 2.35. The number of hydrogen-bond donors (Lipinski definition) is 1. The van der Waals surface area contributed by atoms with Gasteiger partial charge in [0.25, 0.3) is 0 Å². The molecule has 38 heavy (non-hydrogen) atoms. The van der Waals surface area contributed by atoms with Crippen LogP contribution in [0.4, 0.5) is 5.00 Å². The topological polar surface area (TPSA) is 67.9 Å². The molecule has 0 unspecified atom stereocenters. The minimum atomic E-state index is -0.556. The van der Waals surface area contributed by atoms with E-state index in [0.717, 1.165) is 47.6 Å². The molecule has 0 aliphatic carbocycles. The van der Waals surface area contributed by atoms with Crippen molar-refractivity contribution < 1.29 is 19.1 Å². The lowest BCUT2D eigenvalue weighted by Crippen LogP contribution is -2.30. The number of esters is 1. The van der Waals surface area contributed by atoms with Crippen molar-refractivity contribution in [3.05, 3.63) is 112 Å². The highest BCUT2D eigenvalue weighted by atomic mass is 32.1. The fourth-order valence-corrected chi connectivity index (χ4v) is 6.60. The number of ether oxygens (including phenoxy) is 2. The van der Waals surface area contributed by atoms with Crippen LogP contribution in [0, 0.1) is 0 Å². The molecule has 0 fully saturated rings. The van der Waals surface area contributed by atoms with Gasteiger partial charge in [-0.25, -0.2) is 4.79 Å². The summed E-state index contributed by atoms with van der Waals surface area (Å²) in [4.78, 5) is 30.5. The number of thiophene rings is 1. The summed E-state index contributed by atoms with van der Waals surface area (Å²) >= 11 is 1.48. The van der Waals surface area contributed by atoms with Crippen molar-refractivity contribution in [2.75, 3.05) is 18.5 Å². The summed E-state index contributed by atoms with van der Waals surface area (Å²) in [6.07, 6.45) is 0.728. The van der Waals surface area contributed by atoms with Gasteiger partial charge in [-0.15, -0.1) is 11.3 Å². The summed E-state index contributed by atoms with van der Waals surface area (Å²) in [6, 6.07) is 25.6. The van der Waals surface area contributed by atoms with Crippen LogP contribution < -0.4 is 10.1 Å². The number of amides is 1. The summed E-state index contributed by atoms with van der Waals surface area (Å²) in [5.74, 6) is 0.195. The molecule has 0 atom stereocenters. The molecular formula is C31H28N2O4S. The molecule has 6 nitrogen and oxygen atoms in total. The Balaban J connectivity index is 1.33. The lowest BCUT2D eigenvalue weighted by Gasteiger charge is -2.27. The standard InChI is InChI=1S/C31H28N2O4S/c1-2-36-31(35)28-23-16-17-33(18-20-10-4-3-5-11-20)19-26(23)38-30(28)32-29(34)27-21-12-6-8-14-24(21)37-25-15-9-7-13-22(25)27/h3-15,27H,2,16-19H2,1H3,(H,32,34). The third-order valence-corrected chi connectivity index (χ3v) is 8.18. The molecule has 3 heterocycles. The molecule has 0 radical (unpaired) electrons. The molecule has 0 saturated heterocycles. The van der Waals surface area contributed by atoms with Crippen molar-refractivity contribution in [1.29, 1.82) is 0 Å². The van der Waals surface area contributed by atoms with Crippen LogP contribution in [-0.4, -0.2) is 29.9 Å². The maximum Gasteiger partial charge on any atom is 0.341 e. The minimum Gasteiger partial charge on any atom is -0.462 e. The quantitative estimate of drug-likeness (QED) is 0.297. The van der Waals surface area contributed by atoms with Gasteiger partial charge in [0.2, 0.25) is 5.91 Å². The molecule has 0 saturated carbocycles. The van der Waals surface area contributed by atoms with Crippen LogP contribution in [0.3, 0.4) is 0 Å². The fourth-order valence-electron chi connectivity index (χ4n) is 5.32. The number of benzene rings is 3. The molecule has 192 valence electrons. The summed E-state index contributed by atoms with van der Waals surface area (Å²) in [7, 11) is 0. The van der Waals surface area contributed by atoms with Gasteiger partial charge in [-0.3, -0.25) is 9.69 Å². The SMILES string of the molecule is CCOC(=O)c1c(NC(=O)C2c3ccccc3Oc3ccccc32)sc2c1CCN(Cc1ccccc1)C2. The van der Waals surface area contributed by atoms with Crippen LogP contribution in [0.2, 0.25) is 0 Å². The van der Waals surface area contributed by atoms with E-state index in [-0.39, 0.29) is 18.5 Å². The maximum atomic E-state index is 13.9. The number of carbonyl (C=O) groups is 2. The second kappa shape index (κ2) is 10.4. The van der Waals surface area contributed by atoms with E-state index in [4.69, 9.17) is 9.47 Å². The van der Waals surface area contributed by atoms with E-state index >= 15 is 0 Å². The second-order valence-electron chi connectivity index (χ2n) is 9.47. The van der Waals surface area contributed by atoms with E-state index in [0.29, 0.717) is 22.1 Å². The highest BCUT2D eigenvalue weighted by Crippen LogP contribution is 2.45. The Bertz CT molecular complexity index is 1450. The van der Waals surface area contributed by atoms with E-state index < -0.39 is 5.92 Å². The predicted molar refractivity (Wildman–Crippen MR) is 148 cm³/mol. The van der Waals surface area contributed by atoms with E-state index in [1.807, 2.05) is 54.6 Å². The molecule has 0 spiro atoms. The van der Waals surface area contributed by atoms with Gasteiger partial charge in [-0.05, 0) is 36.6 Å². The Morgan fingerprint density at radius 2 is 1.63 bits per heavy atom. The van der Waals surface area contributed by atoms with Crippen LogP contribution in [-0.2, 0) is 29.0 Å². The lowest BCUT2D eigenvalue weighted by atomic mass is 9.87. The molecule has 1 aromatic heterocycles. The monoisotopic (exact) mass is 524 g/mol. The molecule has 4 aromatic rings. The average Bonchev–Trinajstić information content (AvgIpc) is 3.29. The third-order valence-electron chi connectivity index (χ3n) is 7.04. The van der Waals surface area contributed by atoms with Crippen molar-refractivity contribution in [3.8, 4) is 11.5 Å². The first-order valence-electron chi connectivity index (χ1n) is 12.9. The van der Waals surface area contributed by atoms with E-state index in [9.17, 15) is 9.59 Å². The maximum absolute atomic E-state index is 13.9. The smallest absolute Gasteiger partial charge is 0.341 e. The summed E-state index contributed by atoms with van der Waals surface area (Å²) in [5.41, 5.74) is 4.34. The summed E-state index contributed by atoms with van der Waals surface area (Å²) in [6.45, 7) is 4.47. The van der Waals surface area contributed by atoms with E-state index in [2.05, 4.69) is 34.5 Å². The van der Waals surface area contributed by atoms with Gasteiger partial charge < -0.3 is 14.8 Å². The van der Waals surface area contributed by atoms with Crippen molar-refractivity contribution >= 4 is 28.2 Å². The zero-order valence-corrected chi connectivity index (χ0v) is 21.9. The van der Waals surface area contributed by atoms with Crippen LogP contribution in [0.5, 0.6) is 11.5 Å². The Morgan fingerprint density at radius 3 is 2.32 bits per heavy atom. The number of nitrogens with one attached hydrogen (secondary N) is 1. The summed E-state index contributed by atoms with van der Waals surface area (Å²) < 4.78 is 11.5. The minimum absolute atomic E-state index is 0.196. The molecule has 1 N–H and O–H groups in total. The molecule has 2 aliphatic heterocycles. The number of carbonyl (C=O) groups excluding carboxylic acids is 2. The Labute approximate surface area is 225 Å². The van der Waals surface area contributed by atoms with Crippen molar-refractivity contribution in [2.45, 2.75) is 32.4 Å². The number of rotatable bonds is 6. The molecular weight excluding hydrogens is 496 g/mol. The number of nitrogens with zero attached hydrogens (tertiary/aromatic N) is 1. The van der Waals surface area contributed by atoms with Gasteiger partial charge in [0.15, 0.2) is 0 Å².